The summed E-state index contributed by atoms with van der Waals surface area (Å²) >= 11 is 0. The molecule has 8 nitrogen and oxygen atoms in total. The highest BCUT2D eigenvalue weighted by atomic mass is 16.6. The number of nitrogens with zero attached hydrogens (tertiary/aromatic N) is 3. The molecule has 8 heteroatoms. The van der Waals surface area contributed by atoms with E-state index in [4.69, 9.17) is 4.74 Å². The van der Waals surface area contributed by atoms with Crippen molar-refractivity contribution in [3.8, 4) is 11.4 Å². The molecule has 0 aliphatic heterocycles. The predicted octanol–water partition coefficient (Wildman–Crippen LogP) is 4.31. The Hall–Kier alpha value is -4.46. The molecular formula is C23H18N4O4. The van der Waals surface area contributed by atoms with Gasteiger partial charge in [-0.3, -0.25) is 14.9 Å². The first-order valence-electron chi connectivity index (χ1n) is 9.39. The lowest BCUT2D eigenvalue weighted by Crippen LogP contribution is -2.18. The standard InChI is InChI=1S/C23H18N4O4/c1-31-22-13-17-7-3-2-6-16(17)12-21(22)23(28)25-24-15-20-10-5-11-26(20)18-8-4-9-19(14-18)27(29)30/h2-15H,1H3,(H,25,28). The molecule has 0 bridgehead atoms. The SMILES string of the molecule is COc1cc2ccccc2cc1C(=O)NN=Cc1cccn1-c1cccc([N+](=O)[O-])c1. The van der Waals surface area contributed by atoms with E-state index in [2.05, 4.69) is 10.5 Å². The topological polar surface area (TPSA) is 98.8 Å². The van der Waals surface area contributed by atoms with Crippen LogP contribution in [-0.4, -0.2) is 28.7 Å². The third-order valence-electron chi connectivity index (χ3n) is 4.77. The number of fused-ring (bicyclic) bond motifs is 1. The van der Waals surface area contributed by atoms with Crippen molar-refractivity contribution >= 4 is 28.6 Å². The molecule has 1 heterocycles. The second-order valence-corrected chi connectivity index (χ2v) is 6.68. The second kappa shape index (κ2) is 8.50. The number of hydrogen-bond acceptors (Lipinski definition) is 5. The van der Waals surface area contributed by atoms with Crippen molar-refractivity contribution < 1.29 is 14.5 Å². The van der Waals surface area contributed by atoms with Crippen LogP contribution in [0.25, 0.3) is 16.5 Å². The Morgan fingerprint density at radius 2 is 1.84 bits per heavy atom. The van der Waals surface area contributed by atoms with Crippen LogP contribution < -0.4 is 10.2 Å². The summed E-state index contributed by atoms with van der Waals surface area (Å²) in [7, 11) is 1.51. The van der Waals surface area contributed by atoms with Crippen molar-refractivity contribution in [1.82, 2.24) is 9.99 Å². The van der Waals surface area contributed by atoms with E-state index >= 15 is 0 Å². The number of hydrogen-bond donors (Lipinski definition) is 1. The van der Waals surface area contributed by atoms with Crippen molar-refractivity contribution in [2.24, 2.45) is 5.10 Å². The molecule has 0 unspecified atom stereocenters. The molecule has 0 saturated carbocycles. The molecule has 1 amide bonds. The fourth-order valence-corrected chi connectivity index (χ4v) is 3.27. The summed E-state index contributed by atoms with van der Waals surface area (Å²) in [5.74, 6) is 0.0404. The van der Waals surface area contributed by atoms with Gasteiger partial charge in [0.05, 0.1) is 35.2 Å². The van der Waals surface area contributed by atoms with Crippen molar-refractivity contribution in [2.75, 3.05) is 7.11 Å². The smallest absolute Gasteiger partial charge is 0.275 e. The van der Waals surface area contributed by atoms with Gasteiger partial charge in [0, 0.05) is 18.3 Å². The van der Waals surface area contributed by atoms with Crippen LogP contribution in [0.4, 0.5) is 5.69 Å². The molecule has 1 aromatic heterocycles. The highest BCUT2D eigenvalue weighted by molar-refractivity contribution is 6.01. The highest BCUT2D eigenvalue weighted by Crippen LogP contribution is 2.26. The molecule has 0 fully saturated rings. The Balaban J connectivity index is 1.56. The second-order valence-electron chi connectivity index (χ2n) is 6.68. The summed E-state index contributed by atoms with van der Waals surface area (Å²) in [6.07, 6.45) is 3.23. The Labute approximate surface area is 177 Å². The number of nitro benzene ring substituents is 1. The van der Waals surface area contributed by atoms with E-state index in [0.717, 1.165) is 10.8 Å². The van der Waals surface area contributed by atoms with Crippen LogP contribution in [0.1, 0.15) is 16.1 Å². The normalized spacial score (nSPS) is 11.0. The first kappa shape index (κ1) is 19.8. The molecule has 1 N–H and O–H groups in total. The summed E-state index contributed by atoms with van der Waals surface area (Å²) in [6, 6.07) is 21.1. The molecular weight excluding hydrogens is 396 g/mol. The van der Waals surface area contributed by atoms with Crippen LogP contribution >= 0.6 is 0 Å². The number of amides is 1. The molecule has 0 aliphatic rings. The molecule has 4 rings (SSSR count). The van der Waals surface area contributed by atoms with E-state index < -0.39 is 10.8 Å². The number of nitro groups is 1. The highest BCUT2D eigenvalue weighted by Gasteiger charge is 2.13. The number of benzene rings is 3. The average Bonchev–Trinajstić information content (AvgIpc) is 3.26. The Kier molecular flexibility index (Phi) is 5.44. The number of non-ortho nitro benzene ring substituents is 1. The van der Waals surface area contributed by atoms with Gasteiger partial charge in [-0.1, -0.05) is 30.3 Å². The minimum Gasteiger partial charge on any atom is -0.496 e. The molecule has 4 aromatic rings. The monoisotopic (exact) mass is 414 g/mol. The minimum atomic E-state index is -0.446. The fourth-order valence-electron chi connectivity index (χ4n) is 3.27. The van der Waals surface area contributed by atoms with Crippen LogP contribution in [0.2, 0.25) is 0 Å². The molecule has 0 spiro atoms. The van der Waals surface area contributed by atoms with E-state index in [1.165, 1.54) is 25.5 Å². The third kappa shape index (κ3) is 4.13. The lowest BCUT2D eigenvalue weighted by atomic mass is 10.1. The van der Waals surface area contributed by atoms with Crippen LogP contribution in [0.15, 0.2) is 84.1 Å². The van der Waals surface area contributed by atoms with E-state index in [1.54, 1.807) is 47.2 Å². The van der Waals surface area contributed by atoms with E-state index in [9.17, 15) is 14.9 Å². The van der Waals surface area contributed by atoms with Gasteiger partial charge in [-0.15, -0.1) is 0 Å². The lowest BCUT2D eigenvalue weighted by molar-refractivity contribution is -0.384. The van der Waals surface area contributed by atoms with Crippen LogP contribution in [0.5, 0.6) is 5.75 Å². The fraction of sp³-hybridized carbons (Fsp3) is 0.0435. The Morgan fingerprint density at radius 3 is 2.58 bits per heavy atom. The van der Waals surface area contributed by atoms with Gasteiger partial charge in [-0.05, 0) is 41.1 Å². The van der Waals surface area contributed by atoms with Gasteiger partial charge < -0.3 is 9.30 Å². The van der Waals surface area contributed by atoms with Gasteiger partial charge in [-0.2, -0.15) is 5.10 Å². The summed E-state index contributed by atoms with van der Waals surface area (Å²) in [4.78, 5) is 23.3. The quantitative estimate of drug-likeness (QED) is 0.289. The Bertz CT molecular complexity index is 1310. The predicted molar refractivity (Wildman–Crippen MR) is 118 cm³/mol. The zero-order valence-corrected chi connectivity index (χ0v) is 16.6. The van der Waals surface area contributed by atoms with Crippen LogP contribution in [0.3, 0.4) is 0 Å². The third-order valence-corrected chi connectivity index (χ3v) is 4.77. The lowest BCUT2D eigenvalue weighted by Gasteiger charge is -2.09. The number of ether oxygens (including phenoxy) is 1. The summed E-state index contributed by atoms with van der Waals surface area (Å²) < 4.78 is 7.10. The summed E-state index contributed by atoms with van der Waals surface area (Å²) in [5, 5.41) is 17.0. The number of methoxy groups -OCH3 is 1. The number of nitrogens with one attached hydrogen (secondary N) is 1. The van der Waals surface area contributed by atoms with Crippen molar-refractivity contribution in [3.63, 3.8) is 0 Å². The average molecular weight is 414 g/mol. The van der Waals surface area contributed by atoms with Crippen LogP contribution in [-0.2, 0) is 0 Å². The van der Waals surface area contributed by atoms with Crippen molar-refractivity contribution in [1.29, 1.82) is 0 Å². The maximum atomic E-state index is 12.7. The van der Waals surface area contributed by atoms with Gasteiger partial charge in [0.15, 0.2) is 0 Å². The summed E-state index contributed by atoms with van der Waals surface area (Å²) in [5.41, 5.74) is 4.13. The first-order chi connectivity index (χ1) is 15.1. The molecule has 3 aromatic carbocycles. The maximum Gasteiger partial charge on any atom is 0.275 e. The summed E-state index contributed by atoms with van der Waals surface area (Å²) in [6.45, 7) is 0. The number of carbonyl (C=O) groups is 1. The number of carbonyl (C=O) groups excluding carboxylic acids is 1. The number of hydrazone groups is 1. The zero-order chi connectivity index (χ0) is 21.8. The van der Waals surface area contributed by atoms with E-state index in [1.807, 2.05) is 24.3 Å². The van der Waals surface area contributed by atoms with Gasteiger partial charge in [0.25, 0.3) is 11.6 Å². The molecule has 0 atom stereocenters. The zero-order valence-electron chi connectivity index (χ0n) is 16.6. The van der Waals surface area contributed by atoms with Crippen LogP contribution in [0, 0.1) is 10.1 Å². The molecule has 31 heavy (non-hydrogen) atoms. The van der Waals surface area contributed by atoms with Crippen molar-refractivity contribution in [3.05, 3.63) is 100 Å². The molecule has 0 aliphatic carbocycles. The largest absolute Gasteiger partial charge is 0.496 e. The van der Waals surface area contributed by atoms with Gasteiger partial charge in [0.2, 0.25) is 0 Å². The van der Waals surface area contributed by atoms with Gasteiger partial charge >= 0.3 is 0 Å². The van der Waals surface area contributed by atoms with Crippen molar-refractivity contribution in [2.45, 2.75) is 0 Å². The maximum absolute atomic E-state index is 12.7. The molecule has 154 valence electrons. The molecule has 0 saturated heterocycles. The van der Waals surface area contributed by atoms with E-state index in [0.29, 0.717) is 22.7 Å². The number of rotatable bonds is 6. The van der Waals surface area contributed by atoms with E-state index in [-0.39, 0.29) is 5.69 Å². The van der Waals surface area contributed by atoms with Gasteiger partial charge in [-0.25, -0.2) is 5.43 Å². The number of aromatic nitrogens is 1. The van der Waals surface area contributed by atoms with Gasteiger partial charge in [0.1, 0.15) is 5.75 Å². The first-order valence-corrected chi connectivity index (χ1v) is 9.39. The minimum absolute atomic E-state index is 0.00853. The Morgan fingerprint density at radius 1 is 1.06 bits per heavy atom. The molecule has 0 radical (unpaired) electrons.